The Kier molecular flexibility index (Phi) is 4.98. The van der Waals surface area contributed by atoms with Crippen LogP contribution >= 0.6 is 15.9 Å². The quantitative estimate of drug-likeness (QED) is 0.695. The Bertz CT molecular complexity index is 731. The highest BCUT2D eigenvalue weighted by Crippen LogP contribution is 2.40. The molecule has 128 valence electrons. The summed E-state index contributed by atoms with van der Waals surface area (Å²) < 4.78 is 5.39. The lowest BCUT2D eigenvalue weighted by Crippen LogP contribution is -2.37. The third-order valence-electron chi connectivity index (χ3n) is 3.66. The number of carbonyl (C=O) groups is 1. The van der Waals surface area contributed by atoms with Crippen LogP contribution in [0, 0.1) is 0 Å². The fourth-order valence-corrected chi connectivity index (χ4v) is 2.72. The molecule has 0 saturated heterocycles. The van der Waals surface area contributed by atoms with Crippen LogP contribution in [0.3, 0.4) is 0 Å². The number of aromatic nitrogens is 4. The van der Waals surface area contributed by atoms with Crippen molar-refractivity contribution in [1.29, 1.82) is 0 Å². The summed E-state index contributed by atoms with van der Waals surface area (Å²) in [5.74, 6) is 2.02. The van der Waals surface area contributed by atoms with Gasteiger partial charge in [0.2, 0.25) is 5.95 Å². The number of nitrogens with one attached hydrogen (secondary N) is 3. The largest absolute Gasteiger partial charge is 0.453 e. The van der Waals surface area contributed by atoms with Crippen molar-refractivity contribution in [1.82, 2.24) is 25.3 Å². The number of imidazole rings is 1. The van der Waals surface area contributed by atoms with Crippen LogP contribution in [0.15, 0.2) is 16.9 Å². The second-order valence-electron chi connectivity index (χ2n) is 5.74. The van der Waals surface area contributed by atoms with E-state index in [1.54, 1.807) is 6.20 Å². The highest BCUT2D eigenvalue weighted by atomic mass is 79.9. The molecule has 0 radical (unpaired) electrons. The Balaban J connectivity index is 1.67. The van der Waals surface area contributed by atoms with E-state index < -0.39 is 6.09 Å². The number of methoxy groups -OCH3 is 1. The minimum absolute atomic E-state index is 0.122. The van der Waals surface area contributed by atoms with Crippen LogP contribution in [-0.2, 0) is 4.74 Å². The summed E-state index contributed by atoms with van der Waals surface area (Å²) in [5.41, 5.74) is 1.51. The lowest BCUT2D eigenvalue weighted by molar-refractivity contribution is 0.168. The first-order valence-corrected chi connectivity index (χ1v) is 8.53. The molecule has 1 amide bonds. The van der Waals surface area contributed by atoms with Crippen LogP contribution < -0.4 is 10.6 Å². The molecule has 3 N–H and O–H groups in total. The number of rotatable bonds is 6. The zero-order valence-corrected chi connectivity index (χ0v) is 15.1. The molecule has 2 heterocycles. The Morgan fingerprint density at radius 2 is 2.29 bits per heavy atom. The van der Waals surface area contributed by atoms with E-state index in [4.69, 9.17) is 0 Å². The van der Waals surface area contributed by atoms with Gasteiger partial charge in [-0.2, -0.15) is 0 Å². The molecule has 24 heavy (non-hydrogen) atoms. The van der Waals surface area contributed by atoms with Gasteiger partial charge in [0.25, 0.3) is 0 Å². The van der Waals surface area contributed by atoms with Gasteiger partial charge in [0.1, 0.15) is 16.1 Å². The zero-order chi connectivity index (χ0) is 17.1. The van der Waals surface area contributed by atoms with Crippen molar-refractivity contribution in [3.05, 3.63) is 22.7 Å². The average molecular weight is 395 g/mol. The van der Waals surface area contributed by atoms with Crippen molar-refractivity contribution in [3.63, 3.8) is 0 Å². The fourth-order valence-electron chi connectivity index (χ4n) is 2.22. The maximum Gasteiger partial charge on any atom is 0.407 e. The molecule has 0 bridgehead atoms. The van der Waals surface area contributed by atoms with Gasteiger partial charge in [0.15, 0.2) is 0 Å². The number of hydrogen-bond acceptors (Lipinski definition) is 6. The average Bonchev–Trinajstić information content (AvgIpc) is 3.35. The number of alkyl carbamates (subject to hydrolysis) is 1. The number of anilines is 1. The maximum absolute atomic E-state index is 11.2. The van der Waals surface area contributed by atoms with E-state index in [0.717, 1.165) is 21.8 Å². The molecule has 8 nitrogen and oxygen atoms in total. The Labute approximate surface area is 148 Å². The Morgan fingerprint density at radius 1 is 1.50 bits per heavy atom. The number of amides is 1. The van der Waals surface area contributed by atoms with Crippen LogP contribution in [0.2, 0.25) is 0 Å². The summed E-state index contributed by atoms with van der Waals surface area (Å²) in [4.78, 5) is 27.8. The van der Waals surface area contributed by atoms with E-state index in [9.17, 15) is 4.79 Å². The molecule has 1 atom stereocenters. The van der Waals surface area contributed by atoms with E-state index in [-0.39, 0.29) is 6.04 Å². The van der Waals surface area contributed by atoms with Crippen LogP contribution in [-0.4, -0.2) is 45.7 Å². The first-order chi connectivity index (χ1) is 11.6. The van der Waals surface area contributed by atoms with Gasteiger partial charge >= 0.3 is 6.09 Å². The second kappa shape index (κ2) is 7.16. The number of nitrogens with zero attached hydrogens (tertiary/aromatic N) is 3. The van der Waals surface area contributed by atoms with Gasteiger partial charge < -0.3 is 20.4 Å². The van der Waals surface area contributed by atoms with E-state index in [0.29, 0.717) is 18.4 Å². The molecule has 1 aliphatic carbocycles. The SMILES string of the molecule is COC(=O)NC(C)CNc1nccc(-c2nc(C3CC3)[nH]c2Br)n1. The molecule has 0 aliphatic heterocycles. The predicted molar refractivity (Wildman–Crippen MR) is 92.8 cm³/mol. The third-order valence-corrected chi connectivity index (χ3v) is 4.23. The van der Waals surface area contributed by atoms with E-state index in [2.05, 4.69) is 51.2 Å². The minimum atomic E-state index is -0.466. The third kappa shape index (κ3) is 4.02. The predicted octanol–water partition coefficient (Wildman–Crippen LogP) is 2.66. The van der Waals surface area contributed by atoms with E-state index in [1.165, 1.54) is 20.0 Å². The van der Waals surface area contributed by atoms with Crippen LogP contribution in [0.4, 0.5) is 10.7 Å². The molecule has 0 spiro atoms. The van der Waals surface area contributed by atoms with Crippen LogP contribution in [0.25, 0.3) is 11.4 Å². The zero-order valence-electron chi connectivity index (χ0n) is 13.5. The van der Waals surface area contributed by atoms with Crippen molar-refractivity contribution < 1.29 is 9.53 Å². The van der Waals surface area contributed by atoms with E-state index >= 15 is 0 Å². The first-order valence-electron chi connectivity index (χ1n) is 7.74. The number of halogens is 1. The summed E-state index contributed by atoms with van der Waals surface area (Å²) in [6.45, 7) is 2.34. The Hall–Kier alpha value is -2.16. The van der Waals surface area contributed by atoms with Crippen molar-refractivity contribution >= 4 is 28.0 Å². The van der Waals surface area contributed by atoms with Gasteiger partial charge in [-0.1, -0.05) is 0 Å². The molecular weight excluding hydrogens is 376 g/mol. The topological polar surface area (TPSA) is 105 Å². The summed E-state index contributed by atoms with van der Waals surface area (Å²) >= 11 is 3.51. The standard InChI is InChI=1S/C15H19BrN6O2/c1-8(19-15(23)24-2)7-18-14-17-6-5-10(20-14)11-12(16)22-13(21-11)9-3-4-9/h5-6,8-9H,3-4,7H2,1-2H3,(H,19,23)(H,21,22)(H,17,18,20). The van der Waals surface area contributed by atoms with Gasteiger partial charge in [0.05, 0.1) is 12.8 Å². The number of ether oxygens (including phenoxy) is 1. The lowest BCUT2D eigenvalue weighted by atomic mass is 10.3. The smallest absolute Gasteiger partial charge is 0.407 e. The number of H-pyrrole nitrogens is 1. The van der Waals surface area contributed by atoms with Gasteiger partial charge in [-0.25, -0.2) is 19.7 Å². The summed E-state index contributed by atoms with van der Waals surface area (Å²) in [6.07, 6.45) is 3.58. The number of hydrogen-bond donors (Lipinski definition) is 3. The monoisotopic (exact) mass is 394 g/mol. The molecular formula is C15H19BrN6O2. The lowest BCUT2D eigenvalue weighted by Gasteiger charge is -2.13. The van der Waals surface area contributed by atoms with Gasteiger partial charge in [-0.05, 0) is 41.8 Å². The molecule has 0 aromatic carbocycles. The molecule has 1 saturated carbocycles. The minimum Gasteiger partial charge on any atom is -0.453 e. The molecule has 2 aromatic heterocycles. The van der Waals surface area contributed by atoms with Crippen molar-refractivity contribution in [2.45, 2.75) is 31.7 Å². The van der Waals surface area contributed by atoms with Crippen molar-refractivity contribution in [2.24, 2.45) is 0 Å². The van der Waals surface area contributed by atoms with Gasteiger partial charge in [0, 0.05) is 24.7 Å². The highest BCUT2D eigenvalue weighted by molar-refractivity contribution is 9.10. The molecule has 1 unspecified atom stereocenters. The molecule has 2 aromatic rings. The highest BCUT2D eigenvalue weighted by Gasteiger charge is 2.28. The number of aromatic amines is 1. The molecule has 3 rings (SSSR count). The van der Waals surface area contributed by atoms with Gasteiger partial charge in [-0.15, -0.1) is 0 Å². The van der Waals surface area contributed by atoms with Crippen LogP contribution in [0.5, 0.6) is 0 Å². The number of carbonyl (C=O) groups excluding carboxylic acids is 1. The summed E-state index contributed by atoms with van der Waals surface area (Å²) in [7, 11) is 1.33. The fraction of sp³-hybridized carbons (Fsp3) is 0.467. The van der Waals surface area contributed by atoms with E-state index in [1.807, 2.05) is 13.0 Å². The molecule has 9 heteroatoms. The van der Waals surface area contributed by atoms with Gasteiger partial charge in [-0.3, -0.25) is 0 Å². The Morgan fingerprint density at radius 3 is 3.00 bits per heavy atom. The molecule has 1 fully saturated rings. The molecule has 1 aliphatic rings. The normalized spacial score (nSPS) is 15.0. The second-order valence-corrected chi connectivity index (χ2v) is 6.54. The van der Waals surface area contributed by atoms with Crippen LogP contribution in [0.1, 0.15) is 31.5 Å². The summed E-state index contributed by atoms with van der Waals surface area (Å²) in [6, 6.07) is 1.70. The summed E-state index contributed by atoms with van der Waals surface area (Å²) in [5, 5.41) is 5.77. The maximum atomic E-state index is 11.2. The van der Waals surface area contributed by atoms with Crippen molar-refractivity contribution in [2.75, 3.05) is 19.0 Å². The first kappa shape index (κ1) is 16.7. The van der Waals surface area contributed by atoms with Crippen molar-refractivity contribution in [3.8, 4) is 11.4 Å².